The standard InChI is InChI=1S/C11H12N4O3S/c1-15-10(17)13-14-11(15)19-8-6(9(16)18-2)4-3-5-7(8)12/h3-5H,12H2,1-2H3,(H,13,17). The van der Waals surface area contributed by atoms with Gasteiger partial charge >= 0.3 is 11.7 Å². The molecule has 0 unspecified atom stereocenters. The van der Waals surface area contributed by atoms with Crippen LogP contribution in [0, 0.1) is 0 Å². The van der Waals surface area contributed by atoms with Crippen LogP contribution in [0.1, 0.15) is 10.4 Å². The lowest BCUT2D eigenvalue weighted by atomic mass is 10.2. The first-order valence-corrected chi connectivity index (χ1v) is 6.12. The van der Waals surface area contributed by atoms with Crippen LogP contribution in [0.15, 0.2) is 33.0 Å². The summed E-state index contributed by atoms with van der Waals surface area (Å²) < 4.78 is 6.03. The van der Waals surface area contributed by atoms with Crippen LogP contribution in [0.5, 0.6) is 0 Å². The summed E-state index contributed by atoms with van der Waals surface area (Å²) in [6.07, 6.45) is 0. The van der Waals surface area contributed by atoms with Crippen molar-refractivity contribution in [3.8, 4) is 0 Å². The number of hydrogen-bond acceptors (Lipinski definition) is 6. The van der Waals surface area contributed by atoms with Gasteiger partial charge in [0.2, 0.25) is 0 Å². The van der Waals surface area contributed by atoms with E-state index in [0.717, 1.165) is 11.8 Å². The van der Waals surface area contributed by atoms with Crippen molar-refractivity contribution in [3.63, 3.8) is 0 Å². The first-order chi connectivity index (χ1) is 9.04. The number of nitrogens with zero attached hydrogens (tertiary/aromatic N) is 2. The first kappa shape index (κ1) is 13.2. The minimum atomic E-state index is -0.490. The Morgan fingerprint density at radius 3 is 2.84 bits per heavy atom. The molecule has 8 heteroatoms. The molecule has 0 saturated carbocycles. The van der Waals surface area contributed by atoms with Gasteiger partial charge in [0.05, 0.1) is 17.6 Å². The molecule has 0 atom stereocenters. The van der Waals surface area contributed by atoms with E-state index in [4.69, 9.17) is 10.5 Å². The molecule has 0 aliphatic rings. The van der Waals surface area contributed by atoms with Gasteiger partial charge in [-0.3, -0.25) is 4.57 Å². The van der Waals surface area contributed by atoms with E-state index in [9.17, 15) is 9.59 Å². The highest BCUT2D eigenvalue weighted by atomic mass is 32.2. The minimum Gasteiger partial charge on any atom is -0.465 e. The Morgan fingerprint density at radius 2 is 2.26 bits per heavy atom. The van der Waals surface area contributed by atoms with Gasteiger partial charge in [-0.15, -0.1) is 5.10 Å². The number of esters is 1. The molecule has 0 radical (unpaired) electrons. The van der Waals surface area contributed by atoms with Crippen LogP contribution in [-0.4, -0.2) is 27.8 Å². The smallest absolute Gasteiger partial charge is 0.343 e. The van der Waals surface area contributed by atoms with Gasteiger partial charge in [-0.1, -0.05) is 6.07 Å². The molecule has 2 rings (SSSR count). The monoisotopic (exact) mass is 280 g/mol. The van der Waals surface area contributed by atoms with Gasteiger partial charge in [-0.2, -0.15) is 0 Å². The number of hydrogen-bond donors (Lipinski definition) is 2. The molecule has 0 amide bonds. The predicted molar refractivity (Wildman–Crippen MR) is 70.1 cm³/mol. The Morgan fingerprint density at radius 1 is 1.53 bits per heavy atom. The van der Waals surface area contributed by atoms with E-state index in [0.29, 0.717) is 21.3 Å². The molecule has 7 nitrogen and oxygen atoms in total. The second kappa shape index (κ2) is 5.19. The van der Waals surface area contributed by atoms with Crippen molar-refractivity contribution in [3.05, 3.63) is 34.2 Å². The van der Waals surface area contributed by atoms with E-state index in [1.165, 1.54) is 11.7 Å². The van der Waals surface area contributed by atoms with Gasteiger partial charge in [0, 0.05) is 12.7 Å². The Bertz CT molecular complexity index is 677. The molecule has 0 spiro atoms. The largest absolute Gasteiger partial charge is 0.465 e. The quantitative estimate of drug-likeness (QED) is 0.631. The number of ether oxygens (including phenoxy) is 1. The number of aromatic amines is 1. The van der Waals surface area contributed by atoms with Crippen LogP contribution in [0.2, 0.25) is 0 Å². The number of aromatic nitrogens is 3. The highest BCUT2D eigenvalue weighted by Crippen LogP contribution is 2.33. The number of nitrogens with two attached hydrogens (primary N) is 1. The maximum absolute atomic E-state index is 11.7. The van der Waals surface area contributed by atoms with Crippen molar-refractivity contribution in [2.24, 2.45) is 7.05 Å². The topological polar surface area (TPSA) is 103 Å². The molecule has 1 aromatic heterocycles. The SMILES string of the molecule is COC(=O)c1cccc(N)c1Sc1n[nH]c(=O)n1C. The summed E-state index contributed by atoms with van der Waals surface area (Å²) in [5, 5.41) is 6.59. The molecule has 2 aromatic rings. The normalized spacial score (nSPS) is 10.4. The molecule has 1 aromatic carbocycles. The first-order valence-electron chi connectivity index (χ1n) is 5.30. The van der Waals surface area contributed by atoms with Crippen molar-refractivity contribution in [1.82, 2.24) is 14.8 Å². The van der Waals surface area contributed by atoms with Gasteiger partial charge in [-0.05, 0) is 23.9 Å². The van der Waals surface area contributed by atoms with E-state index in [-0.39, 0.29) is 5.69 Å². The Balaban J connectivity index is 2.47. The molecule has 1 heterocycles. The van der Waals surface area contributed by atoms with Gasteiger partial charge in [0.1, 0.15) is 0 Å². The maximum atomic E-state index is 11.7. The molecule has 100 valence electrons. The predicted octanol–water partition coefficient (Wildman–Crippen LogP) is 0.628. The molecule has 19 heavy (non-hydrogen) atoms. The number of H-pyrrole nitrogens is 1. The Kier molecular flexibility index (Phi) is 3.61. The van der Waals surface area contributed by atoms with E-state index in [2.05, 4.69) is 10.2 Å². The lowest BCUT2D eigenvalue weighted by Crippen LogP contribution is -2.13. The molecule has 0 fully saturated rings. The third-order valence-electron chi connectivity index (χ3n) is 2.48. The number of anilines is 1. The summed E-state index contributed by atoms with van der Waals surface area (Å²) in [5.74, 6) is -0.490. The number of nitrogens with one attached hydrogen (secondary N) is 1. The van der Waals surface area contributed by atoms with Crippen molar-refractivity contribution in [2.75, 3.05) is 12.8 Å². The summed E-state index contributed by atoms with van der Waals surface area (Å²) in [6, 6.07) is 4.93. The zero-order valence-corrected chi connectivity index (χ0v) is 11.2. The fourth-order valence-electron chi connectivity index (χ4n) is 1.45. The summed E-state index contributed by atoms with van der Waals surface area (Å²) in [4.78, 5) is 23.5. The van der Waals surface area contributed by atoms with E-state index >= 15 is 0 Å². The Hall–Kier alpha value is -2.22. The highest BCUT2D eigenvalue weighted by Gasteiger charge is 2.17. The number of benzene rings is 1. The summed E-state index contributed by atoms with van der Waals surface area (Å²) >= 11 is 1.13. The summed E-state index contributed by atoms with van der Waals surface area (Å²) in [7, 11) is 2.87. The van der Waals surface area contributed by atoms with Gasteiger partial charge in [-0.25, -0.2) is 14.7 Å². The van der Waals surface area contributed by atoms with Crippen LogP contribution in [0.3, 0.4) is 0 Å². The van der Waals surface area contributed by atoms with Crippen molar-refractivity contribution >= 4 is 23.4 Å². The average Bonchev–Trinajstić information content (AvgIpc) is 2.72. The molecule has 0 bridgehead atoms. The second-order valence-electron chi connectivity index (χ2n) is 3.69. The molecule has 0 aliphatic carbocycles. The Labute approximate surface area is 112 Å². The zero-order valence-electron chi connectivity index (χ0n) is 10.3. The van der Waals surface area contributed by atoms with E-state index in [1.807, 2.05) is 0 Å². The zero-order chi connectivity index (χ0) is 14.0. The third kappa shape index (κ3) is 2.48. The number of carbonyl (C=O) groups excluding carboxylic acids is 1. The van der Waals surface area contributed by atoms with E-state index in [1.54, 1.807) is 25.2 Å². The van der Waals surface area contributed by atoms with Crippen molar-refractivity contribution in [2.45, 2.75) is 10.1 Å². The van der Waals surface area contributed by atoms with Crippen LogP contribution in [0.4, 0.5) is 5.69 Å². The molecular weight excluding hydrogens is 268 g/mol. The lowest BCUT2D eigenvalue weighted by molar-refractivity contribution is 0.0597. The third-order valence-corrected chi connectivity index (χ3v) is 3.69. The van der Waals surface area contributed by atoms with Crippen molar-refractivity contribution < 1.29 is 9.53 Å². The second-order valence-corrected chi connectivity index (χ2v) is 4.67. The van der Waals surface area contributed by atoms with Crippen LogP contribution in [-0.2, 0) is 11.8 Å². The lowest BCUT2D eigenvalue weighted by Gasteiger charge is -2.09. The molecule has 3 N–H and O–H groups in total. The molecule has 0 aliphatic heterocycles. The molecular formula is C11H12N4O3S. The summed E-state index contributed by atoms with van der Waals surface area (Å²) in [6.45, 7) is 0. The number of rotatable bonds is 3. The van der Waals surface area contributed by atoms with Gasteiger partial charge in [0.15, 0.2) is 5.16 Å². The summed E-state index contributed by atoms with van der Waals surface area (Å²) in [5.41, 5.74) is 6.28. The average molecular weight is 280 g/mol. The van der Waals surface area contributed by atoms with Gasteiger partial charge < -0.3 is 10.5 Å². The van der Waals surface area contributed by atoms with Gasteiger partial charge in [0.25, 0.3) is 0 Å². The van der Waals surface area contributed by atoms with Crippen molar-refractivity contribution in [1.29, 1.82) is 0 Å². The number of methoxy groups -OCH3 is 1. The number of nitrogen functional groups attached to an aromatic ring is 1. The fourth-order valence-corrected chi connectivity index (χ4v) is 2.40. The van der Waals surface area contributed by atoms with Crippen LogP contribution >= 0.6 is 11.8 Å². The fraction of sp³-hybridized carbons (Fsp3) is 0.182. The minimum absolute atomic E-state index is 0.336. The van der Waals surface area contributed by atoms with E-state index < -0.39 is 5.97 Å². The molecule has 0 saturated heterocycles. The highest BCUT2D eigenvalue weighted by molar-refractivity contribution is 7.99. The van der Waals surface area contributed by atoms with Crippen LogP contribution < -0.4 is 11.4 Å². The maximum Gasteiger partial charge on any atom is 0.343 e. The van der Waals surface area contributed by atoms with Crippen LogP contribution in [0.25, 0.3) is 0 Å². The number of carbonyl (C=O) groups is 1.